The first-order valence-electron chi connectivity index (χ1n) is 6.83. The van der Waals surface area contributed by atoms with Crippen LogP contribution in [0, 0.1) is 0 Å². The Morgan fingerprint density at radius 1 is 1.19 bits per heavy atom. The van der Waals surface area contributed by atoms with Gasteiger partial charge in [0.15, 0.2) is 0 Å². The standard InChI is InChI=1S/C16H18ClNO3/c1-2-6-20-15-7-12(9-18-10-15)16(19)11-21-14-5-3-4-13(17)8-14/h3-5,7-10,16,19H,2,6,11H2,1H3. The van der Waals surface area contributed by atoms with Crippen molar-refractivity contribution < 1.29 is 14.6 Å². The van der Waals surface area contributed by atoms with Crippen molar-refractivity contribution in [3.63, 3.8) is 0 Å². The molecule has 0 amide bonds. The normalized spacial score (nSPS) is 12.0. The predicted molar refractivity (Wildman–Crippen MR) is 81.9 cm³/mol. The zero-order valence-corrected chi connectivity index (χ0v) is 12.6. The van der Waals surface area contributed by atoms with Gasteiger partial charge in [0.05, 0.1) is 12.8 Å². The van der Waals surface area contributed by atoms with E-state index in [0.717, 1.165) is 6.42 Å². The van der Waals surface area contributed by atoms with Crippen molar-refractivity contribution in [3.8, 4) is 11.5 Å². The van der Waals surface area contributed by atoms with Gasteiger partial charge in [-0.15, -0.1) is 0 Å². The van der Waals surface area contributed by atoms with E-state index in [9.17, 15) is 5.11 Å². The minimum absolute atomic E-state index is 0.124. The molecular weight excluding hydrogens is 290 g/mol. The summed E-state index contributed by atoms with van der Waals surface area (Å²) in [6, 6.07) is 8.83. The molecule has 0 saturated carbocycles. The summed E-state index contributed by atoms with van der Waals surface area (Å²) in [5.74, 6) is 1.27. The fraction of sp³-hybridized carbons (Fsp3) is 0.312. The lowest BCUT2D eigenvalue weighted by Gasteiger charge is -2.13. The molecule has 0 fully saturated rings. The van der Waals surface area contributed by atoms with Crippen LogP contribution in [0.3, 0.4) is 0 Å². The maximum Gasteiger partial charge on any atom is 0.137 e. The fourth-order valence-electron chi connectivity index (χ4n) is 1.74. The molecule has 0 aliphatic rings. The number of ether oxygens (including phenoxy) is 2. The first kappa shape index (κ1) is 15.6. The summed E-state index contributed by atoms with van der Waals surface area (Å²) in [5.41, 5.74) is 0.658. The van der Waals surface area contributed by atoms with Crippen molar-refractivity contribution in [3.05, 3.63) is 53.3 Å². The Kier molecular flexibility index (Phi) is 5.84. The predicted octanol–water partition coefficient (Wildman–Crippen LogP) is 3.64. The van der Waals surface area contributed by atoms with E-state index in [0.29, 0.717) is 28.7 Å². The smallest absolute Gasteiger partial charge is 0.137 e. The third kappa shape index (κ3) is 4.92. The SMILES string of the molecule is CCCOc1cncc(C(O)COc2cccc(Cl)c2)c1. The largest absolute Gasteiger partial charge is 0.492 e. The molecule has 5 heteroatoms. The molecule has 1 aromatic heterocycles. The number of hydrogen-bond acceptors (Lipinski definition) is 4. The van der Waals surface area contributed by atoms with Gasteiger partial charge in [0, 0.05) is 16.8 Å². The molecule has 2 aromatic rings. The van der Waals surface area contributed by atoms with Crippen LogP contribution in [0.5, 0.6) is 11.5 Å². The van der Waals surface area contributed by atoms with Crippen molar-refractivity contribution >= 4 is 11.6 Å². The van der Waals surface area contributed by atoms with Gasteiger partial charge in [-0.1, -0.05) is 24.6 Å². The summed E-state index contributed by atoms with van der Waals surface area (Å²) in [5, 5.41) is 10.7. The minimum Gasteiger partial charge on any atom is -0.492 e. The Morgan fingerprint density at radius 3 is 2.81 bits per heavy atom. The van der Waals surface area contributed by atoms with Crippen LogP contribution in [0.1, 0.15) is 25.0 Å². The van der Waals surface area contributed by atoms with Crippen LogP contribution in [-0.2, 0) is 0 Å². The lowest BCUT2D eigenvalue weighted by atomic mass is 10.2. The molecule has 0 radical (unpaired) electrons. The molecule has 0 saturated heterocycles. The molecule has 21 heavy (non-hydrogen) atoms. The van der Waals surface area contributed by atoms with E-state index in [1.807, 2.05) is 6.92 Å². The van der Waals surface area contributed by atoms with Crippen LogP contribution < -0.4 is 9.47 Å². The Morgan fingerprint density at radius 2 is 2.05 bits per heavy atom. The highest BCUT2D eigenvalue weighted by atomic mass is 35.5. The van der Waals surface area contributed by atoms with Gasteiger partial charge in [0.2, 0.25) is 0 Å². The van der Waals surface area contributed by atoms with Crippen molar-refractivity contribution in [2.24, 2.45) is 0 Å². The van der Waals surface area contributed by atoms with Crippen molar-refractivity contribution in [2.45, 2.75) is 19.4 Å². The maximum absolute atomic E-state index is 10.1. The third-order valence-corrected chi connectivity index (χ3v) is 3.03. The molecular formula is C16H18ClNO3. The second-order valence-corrected chi connectivity index (χ2v) is 5.02. The number of aliphatic hydroxyl groups excluding tert-OH is 1. The van der Waals surface area contributed by atoms with Gasteiger partial charge >= 0.3 is 0 Å². The van der Waals surface area contributed by atoms with Crippen molar-refractivity contribution in [1.82, 2.24) is 4.98 Å². The van der Waals surface area contributed by atoms with E-state index >= 15 is 0 Å². The number of aromatic nitrogens is 1. The van der Waals surface area contributed by atoms with E-state index in [1.54, 1.807) is 42.7 Å². The number of pyridine rings is 1. The van der Waals surface area contributed by atoms with Gasteiger partial charge in [-0.2, -0.15) is 0 Å². The molecule has 2 rings (SSSR count). The van der Waals surface area contributed by atoms with E-state index in [1.165, 1.54) is 0 Å². The zero-order valence-electron chi connectivity index (χ0n) is 11.8. The molecule has 112 valence electrons. The van der Waals surface area contributed by atoms with Crippen molar-refractivity contribution in [2.75, 3.05) is 13.2 Å². The highest BCUT2D eigenvalue weighted by Gasteiger charge is 2.10. The summed E-state index contributed by atoms with van der Waals surface area (Å²) in [7, 11) is 0. The maximum atomic E-state index is 10.1. The highest BCUT2D eigenvalue weighted by Crippen LogP contribution is 2.21. The van der Waals surface area contributed by atoms with Crippen LogP contribution in [0.4, 0.5) is 0 Å². The molecule has 1 heterocycles. The number of rotatable bonds is 7. The lowest BCUT2D eigenvalue weighted by molar-refractivity contribution is 0.107. The average Bonchev–Trinajstić information content (AvgIpc) is 2.51. The summed E-state index contributed by atoms with van der Waals surface area (Å²) in [6.07, 6.45) is 3.38. The Bertz CT molecular complexity index is 577. The van der Waals surface area contributed by atoms with Gasteiger partial charge in [-0.05, 0) is 30.7 Å². The number of hydrogen-bond donors (Lipinski definition) is 1. The van der Waals surface area contributed by atoms with E-state index < -0.39 is 6.10 Å². The van der Waals surface area contributed by atoms with Crippen LogP contribution in [0.25, 0.3) is 0 Å². The van der Waals surface area contributed by atoms with Gasteiger partial charge < -0.3 is 14.6 Å². The van der Waals surface area contributed by atoms with Gasteiger partial charge in [-0.25, -0.2) is 0 Å². The highest BCUT2D eigenvalue weighted by molar-refractivity contribution is 6.30. The summed E-state index contributed by atoms with van der Waals surface area (Å²) < 4.78 is 11.0. The first-order valence-corrected chi connectivity index (χ1v) is 7.21. The van der Waals surface area contributed by atoms with Crippen LogP contribution >= 0.6 is 11.6 Å². The Labute approximate surface area is 129 Å². The minimum atomic E-state index is -0.776. The second-order valence-electron chi connectivity index (χ2n) is 4.59. The van der Waals surface area contributed by atoms with Crippen LogP contribution in [0.15, 0.2) is 42.7 Å². The molecule has 1 N–H and O–H groups in total. The van der Waals surface area contributed by atoms with Gasteiger partial charge in [0.1, 0.15) is 24.2 Å². The Balaban J connectivity index is 1.95. The fourth-order valence-corrected chi connectivity index (χ4v) is 1.93. The Hall–Kier alpha value is -1.78. The van der Waals surface area contributed by atoms with E-state index in [-0.39, 0.29) is 6.61 Å². The number of benzene rings is 1. The number of halogens is 1. The van der Waals surface area contributed by atoms with E-state index in [2.05, 4.69) is 4.98 Å². The van der Waals surface area contributed by atoms with Gasteiger partial charge in [0.25, 0.3) is 0 Å². The van der Waals surface area contributed by atoms with Crippen molar-refractivity contribution in [1.29, 1.82) is 0 Å². The molecule has 1 unspecified atom stereocenters. The lowest BCUT2D eigenvalue weighted by Crippen LogP contribution is -2.10. The summed E-state index contributed by atoms with van der Waals surface area (Å²) in [4.78, 5) is 4.07. The molecule has 0 spiro atoms. The molecule has 4 nitrogen and oxygen atoms in total. The summed E-state index contributed by atoms with van der Waals surface area (Å²) in [6.45, 7) is 2.78. The molecule has 1 atom stereocenters. The monoisotopic (exact) mass is 307 g/mol. The van der Waals surface area contributed by atoms with Gasteiger partial charge in [-0.3, -0.25) is 4.98 Å². The molecule has 0 bridgehead atoms. The van der Waals surface area contributed by atoms with E-state index in [4.69, 9.17) is 21.1 Å². The number of aliphatic hydroxyl groups is 1. The third-order valence-electron chi connectivity index (χ3n) is 2.80. The molecule has 1 aromatic carbocycles. The van der Waals surface area contributed by atoms with Crippen LogP contribution in [-0.4, -0.2) is 23.3 Å². The second kappa shape index (κ2) is 7.86. The number of nitrogens with zero attached hydrogens (tertiary/aromatic N) is 1. The summed E-state index contributed by atoms with van der Waals surface area (Å²) >= 11 is 5.88. The van der Waals surface area contributed by atoms with Crippen LogP contribution in [0.2, 0.25) is 5.02 Å². The quantitative estimate of drug-likeness (QED) is 0.848. The first-order chi connectivity index (χ1) is 10.2. The average molecular weight is 308 g/mol. The molecule has 0 aliphatic heterocycles. The zero-order chi connectivity index (χ0) is 15.1. The topological polar surface area (TPSA) is 51.6 Å². The molecule has 0 aliphatic carbocycles.